The molecular formula is C13H17NO3. The molecule has 0 fully saturated rings. The lowest BCUT2D eigenvalue weighted by Crippen LogP contribution is -2.31. The number of carboxylic acid groups (broad SMARTS) is 1. The second-order valence-electron chi connectivity index (χ2n) is 4.73. The summed E-state index contributed by atoms with van der Waals surface area (Å²) in [4.78, 5) is 13.2. The van der Waals surface area contributed by atoms with Crippen LogP contribution in [0.4, 0.5) is 0 Å². The molecule has 4 nitrogen and oxygen atoms in total. The maximum Gasteiger partial charge on any atom is 0.336 e. The van der Waals surface area contributed by atoms with E-state index in [0.717, 1.165) is 24.3 Å². The van der Waals surface area contributed by atoms with Crippen molar-refractivity contribution >= 4 is 5.97 Å². The van der Waals surface area contributed by atoms with Crippen molar-refractivity contribution in [1.29, 1.82) is 0 Å². The smallest absolute Gasteiger partial charge is 0.336 e. The Morgan fingerprint density at radius 3 is 2.94 bits per heavy atom. The lowest BCUT2D eigenvalue weighted by molar-refractivity contribution is 0.0692. The average Bonchev–Trinajstić information content (AvgIpc) is 2.27. The second kappa shape index (κ2) is 4.75. The first-order valence-corrected chi connectivity index (χ1v) is 5.70. The van der Waals surface area contributed by atoms with Crippen LogP contribution in [0, 0.1) is 5.92 Å². The van der Waals surface area contributed by atoms with Crippen LogP contribution < -0.4 is 4.74 Å². The quantitative estimate of drug-likeness (QED) is 0.862. The summed E-state index contributed by atoms with van der Waals surface area (Å²) in [7, 11) is 4.03. The Balaban J connectivity index is 2.26. The Morgan fingerprint density at radius 2 is 2.29 bits per heavy atom. The predicted molar refractivity (Wildman–Crippen MR) is 64.6 cm³/mol. The van der Waals surface area contributed by atoms with Gasteiger partial charge in [-0.05, 0) is 32.6 Å². The number of hydrogen-bond acceptors (Lipinski definition) is 3. The van der Waals surface area contributed by atoms with Gasteiger partial charge in [-0.3, -0.25) is 0 Å². The largest absolute Gasteiger partial charge is 0.493 e. The minimum atomic E-state index is -0.879. The molecule has 1 atom stereocenters. The summed E-state index contributed by atoms with van der Waals surface area (Å²) in [5.41, 5.74) is 1.20. The van der Waals surface area contributed by atoms with E-state index in [4.69, 9.17) is 9.84 Å². The van der Waals surface area contributed by atoms with Crippen molar-refractivity contribution in [3.8, 4) is 5.75 Å². The van der Waals surface area contributed by atoms with Crippen LogP contribution in [0.5, 0.6) is 5.75 Å². The van der Waals surface area contributed by atoms with Crippen molar-refractivity contribution in [1.82, 2.24) is 4.90 Å². The molecule has 0 aromatic heterocycles. The fourth-order valence-electron chi connectivity index (χ4n) is 2.30. The third kappa shape index (κ3) is 2.58. The van der Waals surface area contributed by atoms with Gasteiger partial charge in [0.2, 0.25) is 0 Å². The maximum absolute atomic E-state index is 11.1. The zero-order chi connectivity index (χ0) is 12.4. The molecule has 92 valence electrons. The van der Waals surface area contributed by atoms with Crippen LogP contribution in [0.25, 0.3) is 0 Å². The van der Waals surface area contributed by atoms with Gasteiger partial charge in [0, 0.05) is 18.0 Å². The molecule has 1 aromatic carbocycles. The van der Waals surface area contributed by atoms with Gasteiger partial charge in [0.05, 0.1) is 12.2 Å². The molecule has 0 aliphatic carbocycles. The van der Waals surface area contributed by atoms with Crippen molar-refractivity contribution in [3.05, 3.63) is 29.3 Å². The van der Waals surface area contributed by atoms with Crippen molar-refractivity contribution in [2.24, 2.45) is 5.92 Å². The van der Waals surface area contributed by atoms with Crippen LogP contribution >= 0.6 is 0 Å². The zero-order valence-electron chi connectivity index (χ0n) is 10.1. The Labute approximate surface area is 101 Å². The molecule has 1 N–H and O–H groups in total. The second-order valence-corrected chi connectivity index (χ2v) is 4.73. The number of ether oxygens (including phenoxy) is 1. The zero-order valence-corrected chi connectivity index (χ0v) is 10.1. The predicted octanol–water partition coefficient (Wildman–Crippen LogP) is 1.50. The Kier molecular flexibility index (Phi) is 3.33. The van der Waals surface area contributed by atoms with E-state index in [0.29, 0.717) is 18.1 Å². The van der Waals surface area contributed by atoms with E-state index in [1.165, 1.54) is 0 Å². The van der Waals surface area contributed by atoms with E-state index in [9.17, 15) is 4.79 Å². The molecule has 1 heterocycles. The normalized spacial score (nSPS) is 18.6. The Hall–Kier alpha value is -1.55. The Morgan fingerprint density at radius 1 is 1.53 bits per heavy atom. The summed E-state index contributed by atoms with van der Waals surface area (Å²) in [5.74, 6) is 0.203. The molecule has 0 amide bonds. The SMILES string of the molecule is CN(C)CC1COc2cccc(C(=O)O)c2C1. The number of rotatable bonds is 3. The topological polar surface area (TPSA) is 49.8 Å². The molecule has 0 bridgehead atoms. The third-order valence-electron chi connectivity index (χ3n) is 2.95. The molecule has 0 radical (unpaired) electrons. The number of fused-ring (bicyclic) bond motifs is 1. The molecule has 0 spiro atoms. The van der Waals surface area contributed by atoms with Crippen molar-refractivity contribution in [2.45, 2.75) is 6.42 Å². The molecule has 1 aliphatic heterocycles. The van der Waals surface area contributed by atoms with E-state index in [1.807, 2.05) is 20.2 Å². The molecule has 1 aliphatic rings. The fourth-order valence-corrected chi connectivity index (χ4v) is 2.30. The Bertz CT molecular complexity index is 429. The number of carbonyl (C=O) groups is 1. The molecule has 0 saturated carbocycles. The highest BCUT2D eigenvalue weighted by Gasteiger charge is 2.24. The van der Waals surface area contributed by atoms with Gasteiger partial charge >= 0.3 is 5.97 Å². The van der Waals surface area contributed by atoms with E-state index in [2.05, 4.69) is 4.90 Å². The van der Waals surface area contributed by atoms with E-state index in [1.54, 1.807) is 12.1 Å². The number of hydrogen-bond donors (Lipinski definition) is 1. The molecule has 17 heavy (non-hydrogen) atoms. The molecule has 2 rings (SSSR count). The summed E-state index contributed by atoms with van der Waals surface area (Å²) in [6, 6.07) is 5.21. The minimum Gasteiger partial charge on any atom is -0.493 e. The van der Waals surface area contributed by atoms with E-state index < -0.39 is 5.97 Å². The summed E-state index contributed by atoms with van der Waals surface area (Å²) in [5, 5.41) is 9.14. The van der Waals surface area contributed by atoms with Gasteiger partial charge in [0.25, 0.3) is 0 Å². The van der Waals surface area contributed by atoms with Crippen LogP contribution in [-0.2, 0) is 6.42 Å². The number of carboxylic acids is 1. The van der Waals surface area contributed by atoms with Gasteiger partial charge in [-0.25, -0.2) is 4.79 Å². The lowest BCUT2D eigenvalue weighted by atomic mass is 9.92. The summed E-state index contributed by atoms with van der Waals surface area (Å²) in [6.07, 6.45) is 0.774. The highest BCUT2D eigenvalue weighted by molar-refractivity contribution is 5.90. The van der Waals surface area contributed by atoms with Crippen LogP contribution in [0.1, 0.15) is 15.9 Å². The van der Waals surface area contributed by atoms with Crippen LogP contribution in [-0.4, -0.2) is 43.2 Å². The van der Waals surface area contributed by atoms with Gasteiger partial charge in [-0.15, -0.1) is 0 Å². The van der Waals surface area contributed by atoms with Gasteiger partial charge < -0.3 is 14.7 Å². The maximum atomic E-state index is 11.1. The van der Waals surface area contributed by atoms with E-state index in [-0.39, 0.29) is 0 Å². The average molecular weight is 235 g/mol. The standard InChI is InChI=1S/C13H17NO3/c1-14(2)7-9-6-11-10(13(15)16)4-3-5-12(11)17-8-9/h3-5,9H,6-8H2,1-2H3,(H,15,16). The lowest BCUT2D eigenvalue weighted by Gasteiger charge is -2.28. The van der Waals surface area contributed by atoms with Crippen molar-refractivity contribution < 1.29 is 14.6 Å². The molecule has 4 heteroatoms. The molecule has 0 saturated heterocycles. The summed E-state index contributed by atoms with van der Waals surface area (Å²) >= 11 is 0. The van der Waals surface area contributed by atoms with Crippen LogP contribution in [0.2, 0.25) is 0 Å². The van der Waals surface area contributed by atoms with Crippen LogP contribution in [0.3, 0.4) is 0 Å². The van der Waals surface area contributed by atoms with E-state index >= 15 is 0 Å². The fraction of sp³-hybridized carbons (Fsp3) is 0.462. The highest BCUT2D eigenvalue weighted by atomic mass is 16.5. The molecule has 1 aromatic rings. The van der Waals surface area contributed by atoms with Gasteiger partial charge in [-0.2, -0.15) is 0 Å². The number of aromatic carboxylic acids is 1. The third-order valence-corrected chi connectivity index (χ3v) is 2.95. The number of nitrogens with zero attached hydrogens (tertiary/aromatic N) is 1. The first kappa shape index (κ1) is 11.9. The van der Waals surface area contributed by atoms with Crippen LogP contribution in [0.15, 0.2) is 18.2 Å². The first-order chi connectivity index (χ1) is 8.08. The minimum absolute atomic E-state index is 0.359. The highest BCUT2D eigenvalue weighted by Crippen LogP contribution is 2.30. The van der Waals surface area contributed by atoms with Gasteiger partial charge in [0.15, 0.2) is 0 Å². The van der Waals surface area contributed by atoms with Crippen molar-refractivity contribution in [3.63, 3.8) is 0 Å². The molecule has 1 unspecified atom stereocenters. The number of benzene rings is 1. The monoisotopic (exact) mass is 235 g/mol. The summed E-state index contributed by atoms with van der Waals surface area (Å²) in [6.45, 7) is 1.57. The van der Waals surface area contributed by atoms with Crippen molar-refractivity contribution in [2.75, 3.05) is 27.2 Å². The first-order valence-electron chi connectivity index (χ1n) is 5.70. The summed E-state index contributed by atoms with van der Waals surface area (Å²) < 4.78 is 5.64. The van der Waals surface area contributed by atoms with Gasteiger partial charge in [-0.1, -0.05) is 6.07 Å². The molecular weight excluding hydrogens is 218 g/mol. The van der Waals surface area contributed by atoms with Gasteiger partial charge in [0.1, 0.15) is 5.75 Å².